The molecule has 0 aromatic carbocycles. The third-order valence-corrected chi connectivity index (χ3v) is 5.19. The van der Waals surface area contributed by atoms with Gasteiger partial charge >= 0.3 is 0 Å². The van der Waals surface area contributed by atoms with Crippen LogP contribution in [0, 0.1) is 23.7 Å². The van der Waals surface area contributed by atoms with Crippen molar-refractivity contribution in [3.8, 4) is 23.7 Å². The molecule has 0 aliphatic carbocycles. The van der Waals surface area contributed by atoms with Crippen LogP contribution in [0.15, 0.2) is 34.3 Å². The van der Waals surface area contributed by atoms with Crippen molar-refractivity contribution in [3.63, 3.8) is 0 Å². The third-order valence-electron chi connectivity index (χ3n) is 5.19. The summed E-state index contributed by atoms with van der Waals surface area (Å²) in [5.41, 5.74) is 24.2. The Bertz CT molecular complexity index is 2320. The average molecular weight is 605 g/mol. The van der Waals surface area contributed by atoms with E-state index >= 15 is 0 Å². The molecule has 0 radical (unpaired) electrons. The number of nitrogens with one attached hydrogen (secondary N) is 2. The lowest BCUT2D eigenvalue weighted by molar-refractivity contribution is 1.11. The number of nitrogens with two attached hydrogens (primary N) is 4. The largest absolute Gasteiger partial charge is 0.382 e. The highest BCUT2D eigenvalue weighted by molar-refractivity contribution is 5.82. The molecule has 0 amide bonds. The van der Waals surface area contributed by atoms with Gasteiger partial charge in [0.25, 0.3) is 11.1 Å². The van der Waals surface area contributed by atoms with Gasteiger partial charge in [-0.3, -0.25) is 19.6 Å². The zero-order chi connectivity index (χ0) is 32.5. The van der Waals surface area contributed by atoms with Crippen molar-refractivity contribution in [2.45, 2.75) is 20.8 Å². The molecule has 0 spiro atoms. The van der Waals surface area contributed by atoms with Gasteiger partial charge in [0, 0.05) is 0 Å². The molecular formula is C27H24N16O2. The van der Waals surface area contributed by atoms with Gasteiger partial charge in [-0.25, -0.2) is 29.9 Å². The van der Waals surface area contributed by atoms with E-state index in [1.165, 1.54) is 18.6 Å². The Labute approximate surface area is 253 Å². The van der Waals surface area contributed by atoms with Crippen molar-refractivity contribution in [2.24, 2.45) is 0 Å². The molecule has 6 aromatic heterocycles. The van der Waals surface area contributed by atoms with Crippen LogP contribution < -0.4 is 34.1 Å². The van der Waals surface area contributed by atoms with Gasteiger partial charge in [-0.15, -0.1) is 0 Å². The van der Waals surface area contributed by atoms with Crippen molar-refractivity contribution >= 4 is 63.2 Å². The van der Waals surface area contributed by atoms with Crippen molar-refractivity contribution in [1.29, 1.82) is 0 Å². The Balaban J connectivity index is 0.000000154. The zero-order valence-electron chi connectivity index (χ0n) is 24.0. The summed E-state index contributed by atoms with van der Waals surface area (Å²) in [5.74, 6) is 11.2. The Morgan fingerprint density at radius 3 is 1.67 bits per heavy atom. The molecule has 45 heavy (non-hydrogen) atoms. The summed E-state index contributed by atoms with van der Waals surface area (Å²) < 4.78 is 0. The summed E-state index contributed by atoms with van der Waals surface area (Å²) >= 11 is 0. The molecule has 6 aromatic rings. The monoisotopic (exact) mass is 604 g/mol. The normalized spacial score (nSPS) is 10.2. The lowest BCUT2D eigenvalue weighted by atomic mass is 10.4. The maximum absolute atomic E-state index is 11.5. The van der Waals surface area contributed by atoms with Gasteiger partial charge in [-0.1, -0.05) is 17.9 Å². The smallest absolute Gasteiger partial charge is 0.280 e. The van der Waals surface area contributed by atoms with Crippen LogP contribution in [0.2, 0.25) is 0 Å². The van der Waals surface area contributed by atoms with Crippen molar-refractivity contribution < 1.29 is 0 Å². The van der Waals surface area contributed by atoms with Crippen LogP contribution in [0.25, 0.3) is 39.6 Å². The molecule has 6 heterocycles. The predicted molar refractivity (Wildman–Crippen MR) is 168 cm³/mol. The minimum Gasteiger partial charge on any atom is -0.382 e. The van der Waals surface area contributed by atoms with Crippen molar-refractivity contribution in [3.05, 3.63) is 62.5 Å². The number of H-pyrrole nitrogens is 2. The third kappa shape index (κ3) is 7.61. The van der Waals surface area contributed by atoms with Gasteiger partial charge in [0.15, 0.2) is 39.3 Å². The minimum atomic E-state index is -0.412. The molecule has 0 bridgehead atoms. The first-order valence-electron chi connectivity index (χ1n) is 12.7. The van der Waals surface area contributed by atoms with Crippen LogP contribution in [0.3, 0.4) is 0 Å². The molecule has 0 aliphatic rings. The number of hydrogen-bond donors (Lipinski definition) is 6. The van der Waals surface area contributed by atoms with Crippen LogP contribution >= 0.6 is 0 Å². The van der Waals surface area contributed by atoms with E-state index in [1.807, 2.05) is 13.0 Å². The van der Waals surface area contributed by atoms with Crippen LogP contribution in [-0.4, -0.2) is 59.8 Å². The molecular weight excluding hydrogens is 580 g/mol. The quantitative estimate of drug-likeness (QED) is 0.134. The number of allylic oxidation sites excluding steroid dienone is 1. The Kier molecular flexibility index (Phi) is 9.41. The number of anilines is 4. The molecule has 0 saturated heterocycles. The summed E-state index contributed by atoms with van der Waals surface area (Å²) in [4.78, 5) is 67.2. The van der Waals surface area contributed by atoms with Gasteiger partial charge in [0.2, 0.25) is 17.8 Å². The molecule has 18 nitrogen and oxygen atoms in total. The van der Waals surface area contributed by atoms with E-state index in [-0.39, 0.29) is 51.5 Å². The second-order valence-corrected chi connectivity index (χ2v) is 8.44. The Hall–Kier alpha value is -7.08. The maximum Gasteiger partial charge on any atom is 0.280 e. The van der Waals surface area contributed by atoms with Gasteiger partial charge in [0.05, 0.1) is 24.3 Å². The van der Waals surface area contributed by atoms with E-state index in [9.17, 15) is 9.59 Å². The Morgan fingerprint density at radius 2 is 1.13 bits per heavy atom. The minimum absolute atomic E-state index is 0.0242. The van der Waals surface area contributed by atoms with Crippen LogP contribution in [0.4, 0.5) is 23.7 Å². The van der Waals surface area contributed by atoms with Gasteiger partial charge < -0.3 is 22.9 Å². The summed E-state index contributed by atoms with van der Waals surface area (Å²) in [6.07, 6.45) is 8.07. The van der Waals surface area contributed by atoms with E-state index < -0.39 is 5.56 Å². The fourth-order valence-electron chi connectivity index (χ4n) is 3.46. The molecule has 0 atom stereocenters. The molecule has 18 heteroatoms. The molecule has 0 aliphatic heterocycles. The first kappa shape index (κ1) is 30.9. The van der Waals surface area contributed by atoms with E-state index in [2.05, 4.69) is 83.5 Å². The molecule has 224 valence electrons. The van der Waals surface area contributed by atoms with Crippen molar-refractivity contribution in [1.82, 2.24) is 59.8 Å². The maximum atomic E-state index is 11.5. The fraction of sp³-hybridized carbons (Fsp3) is 0.111. The second kappa shape index (κ2) is 13.7. The number of aromatic nitrogens is 12. The number of aromatic amines is 2. The van der Waals surface area contributed by atoms with Crippen LogP contribution in [-0.2, 0) is 0 Å². The highest BCUT2D eigenvalue weighted by Crippen LogP contribution is 2.14. The van der Waals surface area contributed by atoms with Gasteiger partial charge in [0.1, 0.15) is 11.4 Å². The number of rotatable bonds is 1. The molecule has 10 N–H and O–H groups in total. The fourth-order valence-corrected chi connectivity index (χ4v) is 3.46. The summed E-state index contributed by atoms with van der Waals surface area (Å²) in [5, 5.41) is 0. The van der Waals surface area contributed by atoms with Gasteiger partial charge in [-0.2, -0.15) is 19.9 Å². The SMILES string of the molecule is C/C=C\c1cnc2nc(N)[nH]c(=O)c2n1.CC#Cc1cnc2nc(N)[nH]c(=O)c2n1.CC#Cc1cnc2nc(N)nc(N)c2n1. The molecule has 0 unspecified atom stereocenters. The first-order valence-corrected chi connectivity index (χ1v) is 12.7. The van der Waals surface area contributed by atoms with Crippen LogP contribution in [0.5, 0.6) is 0 Å². The highest BCUT2D eigenvalue weighted by atomic mass is 16.1. The molecule has 0 saturated carbocycles. The average Bonchev–Trinajstić information content (AvgIpc) is 2.99. The summed E-state index contributed by atoms with van der Waals surface area (Å²) in [7, 11) is 0. The topological polar surface area (TPSA) is 299 Å². The standard InChI is InChI=1S/C9H8N6.C9H9N5O.C9H7N5O/c1-2-3-5-4-12-8-6(13-5)7(10)14-9(11)15-8;2*1-2-3-5-4-11-7-6(12-5)8(15)14-9(10)13-7/h4H,1H3,(H4,10,11,12,14,15);2-4H,1H3,(H3,10,11,13,14,15);4H,1H3,(H3,10,11,13,14,15)/b;3-2-;. The number of nitrogens with zero attached hydrogens (tertiary/aromatic N) is 10. The number of nitrogen functional groups attached to an aromatic ring is 4. The van der Waals surface area contributed by atoms with E-state index in [4.69, 9.17) is 22.9 Å². The predicted octanol–water partition coefficient (Wildman–Crippen LogP) is -0.0493. The lowest BCUT2D eigenvalue weighted by Crippen LogP contribution is -2.13. The lowest BCUT2D eigenvalue weighted by Gasteiger charge is -2.00. The molecule has 6 rings (SSSR count). The van der Waals surface area contributed by atoms with E-state index in [0.717, 1.165) is 0 Å². The summed E-state index contributed by atoms with van der Waals surface area (Å²) in [6, 6.07) is 0. The van der Waals surface area contributed by atoms with Crippen LogP contribution in [0.1, 0.15) is 37.9 Å². The Morgan fingerprint density at radius 1 is 0.644 bits per heavy atom. The van der Waals surface area contributed by atoms with Crippen molar-refractivity contribution in [2.75, 3.05) is 22.9 Å². The first-order chi connectivity index (χ1) is 21.6. The number of fused-ring (bicyclic) bond motifs is 3. The highest BCUT2D eigenvalue weighted by Gasteiger charge is 2.07. The number of hydrogen-bond acceptors (Lipinski definition) is 16. The van der Waals surface area contributed by atoms with E-state index in [1.54, 1.807) is 19.9 Å². The zero-order valence-corrected chi connectivity index (χ0v) is 24.0. The summed E-state index contributed by atoms with van der Waals surface area (Å²) in [6.45, 7) is 5.25. The molecule has 0 fully saturated rings. The second-order valence-electron chi connectivity index (χ2n) is 8.44. The van der Waals surface area contributed by atoms with E-state index in [0.29, 0.717) is 28.2 Å². The van der Waals surface area contributed by atoms with Gasteiger partial charge in [-0.05, 0) is 38.7 Å².